The Labute approximate surface area is 148 Å². The fourth-order valence-corrected chi connectivity index (χ4v) is 3.06. The largest absolute Gasteiger partial charge is 0.474 e. The van der Waals surface area contributed by atoms with Gasteiger partial charge in [0.15, 0.2) is 0 Å². The van der Waals surface area contributed by atoms with Crippen LogP contribution in [0.2, 0.25) is 0 Å². The molecule has 5 heteroatoms. The molecule has 0 aliphatic heterocycles. The second-order valence-electron chi connectivity index (χ2n) is 6.46. The Bertz CT molecular complexity index is 694. The first-order valence-corrected chi connectivity index (χ1v) is 8.93. The molecule has 0 bridgehead atoms. The first-order chi connectivity index (χ1) is 12.2. The van der Waals surface area contributed by atoms with Crippen LogP contribution in [0, 0.1) is 0 Å². The van der Waals surface area contributed by atoms with Crippen LogP contribution in [-0.4, -0.2) is 17.0 Å². The lowest BCUT2D eigenvalue weighted by atomic mass is 9.98. The minimum atomic E-state index is -0.102. The molecule has 1 aliphatic rings. The van der Waals surface area contributed by atoms with Gasteiger partial charge in [0.25, 0.3) is 5.91 Å². The van der Waals surface area contributed by atoms with Gasteiger partial charge >= 0.3 is 0 Å². The summed E-state index contributed by atoms with van der Waals surface area (Å²) in [5.41, 5.74) is 8.19. The summed E-state index contributed by atoms with van der Waals surface area (Å²) in [7, 11) is 0. The maximum Gasteiger partial charge on any atom is 0.251 e. The highest BCUT2D eigenvalue weighted by Gasteiger charge is 2.15. The summed E-state index contributed by atoms with van der Waals surface area (Å²) in [4.78, 5) is 16.5. The Hall–Kier alpha value is -2.40. The van der Waals surface area contributed by atoms with E-state index in [0.717, 1.165) is 24.0 Å². The second-order valence-corrected chi connectivity index (χ2v) is 6.46. The molecule has 1 amide bonds. The summed E-state index contributed by atoms with van der Waals surface area (Å²) in [6, 6.07) is 11.1. The summed E-state index contributed by atoms with van der Waals surface area (Å²) in [6.45, 7) is 0.920. The van der Waals surface area contributed by atoms with Gasteiger partial charge in [-0.15, -0.1) is 0 Å². The van der Waals surface area contributed by atoms with Crippen LogP contribution in [0.25, 0.3) is 0 Å². The fraction of sp³-hybridized carbons (Fsp3) is 0.400. The minimum Gasteiger partial charge on any atom is -0.474 e. The highest BCUT2D eigenvalue weighted by molar-refractivity contribution is 5.94. The van der Waals surface area contributed by atoms with Crippen LogP contribution in [0.15, 0.2) is 42.6 Å². The van der Waals surface area contributed by atoms with Crippen molar-refractivity contribution >= 4 is 5.91 Å². The summed E-state index contributed by atoms with van der Waals surface area (Å²) in [5.74, 6) is 0.543. The van der Waals surface area contributed by atoms with Gasteiger partial charge < -0.3 is 15.8 Å². The Morgan fingerprint density at radius 2 is 1.88 bits per heavy atom. The predicted molar refractivity (Wildman–Crippen MR) is 97.2 cm³/mol. The number of hydrogen-bond acceptors (Lipinski definition) is 4. The number of amides is 1. The number of pyridine rings is 1. The zero-order chi connectivity index (χ0) is 17.5. The first kappa shape index (κ1) is 17.4. The van der Waals surface area contributed by atoms with Crippen LogP contribution >= 0.6 is 0 Å². The summed E-state index contributed by atoms with van der Waals surface area (Å²) in [6.07, 6.45) is 7.95. The number of ether oxygens (including phenoxy) is 1. The third-order valence-electron chi connectivity index (χ3n) is 4.54. The van der Waals surface area contributed by atoms with Crippen molar-refractivity contribution in [2.45, 2.75) is 51.3 Å². The number of carbonyl (C=O) groups excluding carboxylic acids is 1. The lowest BCUT2D eigenvalue weighted by molar-refractivity contribution is 0.0950. The Morgan fingerprint density at radius 1 is 1.12 bits per heavy atom. The van der Waals surface area contributed by atoms with E-state index in [9.17, 15) is 4.79 Å². The smallest absolute Gasteiger partial charge is 0.251 e. The van der Waals surface area contributed by atoms with Crippen LogP contribution in [0.5, 0.6) is 5.88 Å². The van der Waals surface area contributed by atoms with Gasteiger partial charge in [0.1, 0.15) is 6.10 Å². The molecule has 1 aromatic carbocycles. The Morgan fingerprint density at radius 3 is 2.60 bits per heavy atom. The molecule has 0 radical (unpaired) electrons. The number of nitrogens with one attached hydrogen (secondary N) is 1. The molecule has 3 N–H and O–H groups in total. The van der Waals surface area contributed by atoms with Gasteiger partial charge in [0, 0.05) is 30.9 Å². The van der Waals surface area contributed by atoms with Gasteiger partial charge in [0.2, 0.25) is 5.88 Å². The van der Waals surface area contributed by atoms with Gasteiger partial charge in [-0.1, -0.05) is 18.6 Å². The van der Waals surface area contributed by atoms with Crippen molar-refractivity contribution in [2.75, 3.05) is 0 Å². The molecule has 5 nitrogen and oxygen atoms in total. The van der Waals surface area contributed by atoms with Crippen molar-refractivity contribution in [3.8, 4) is 5.88 Å². The van der Waals surface area contributed by atoms with Crippen LogP contribution in [-0.2, 0) is 13.1 Å². The number of nitrogens with zero attached hydrogens (tertiary/aromatic N) is 1. The maximum atomic E-state index is 12.2. The average Bonchev–Trinajstić information content (AvgIpc) is 2.67. The molecule has 25 heavy (non-hydrogen) atoms. The van der Waals surface area contributed by atoms with Crippen molar-refractivity contribution in [3.05, 3.63) is 59.3 Å². The zero-order valence-electron chi connectivity index (χ0n) is 14.4. The second kappa shape index (κ2) is 8.62. The first-order valence-electron chi connectivity index (χ1n) is 8.93. The lowest BCUT2D eigenvalue weighted by Gasteiger charge is -2.22. The number of nitrogens with two attached hydrogens (primary N) is 1. The molecule has 1 fully saturated rings. The Balaban J connectivity index is 1.55. The van der Waals surface area contributed by atoms with Gasteiger partial charge in [-0.2, -0.15) is 0 Å². The lowest BCUT2D eigenvalue weighted by Crippen LogP contribution is -2.23. The van der Waals surface area contributed by atoms with Crippen LogP contribution < -0.4 is 15.8 Å². The minimum absolute atomic E-state index is 0.102. The van der Waals surface area contributed by atoms with E-state index in [4.69, 9.17) is 10.5 Å². The van der Waals surface area contributed by atoms with E-state index in [0.29, 0.717) is 24.5 Å². The van der Waals surface area contributed by atoms with Gasteiger partial charge in [-0.05, 0) is 55.0 Å². The number of rotatable bonds is 6. The summed E-state index contributed by atoms with van der Waals surface area (Å²) >= 11 is 0. The van der Waals surface area contributed by atoms with Gasteiger partial charge in [0.05, 0.1) is 0 Å². The van der Waals surface area contributed by atoms with Gasteiger partial charge in [-0.3, -0.25) is 4.79 Å². The standard InChI is InChI=1S/C20H25N3O2/c21-13-15-6-8-17(9-7-15)20(24)23-14-16-10-11-22-19(12-16)25-18-4-2-1-3-5-18/h6-12,18H,1-5,13-14,21H2,(H,23,24). The molecular weight excluding hydrogens is 314 g/mol. The molecule has 3 rings (SSSR count). The van der Waals surface area contributed by atoms with Crippen LogP contribution in [0.4, 0.5) is 0 Å². The number of benzene rings is 1. The topological polar surface area (TPSA) is 77.2 Å². The number of hydrogen-bond donors (Lipinski definition) is 2. The molecule has 1 aliphatic carbocycles. The van der Waals surface area contributed by atoms with Crippen molar-refractivity contribution in [3.63, 3.8) is 0 Å². The SMILES string of the molecule is NCc1ccc(C(=O)NCc2ccnc(OC3CCCCC3)c2)cc1. The van der Waals surface area contributed by atoms with Crippen molar-refractivity contribution in [1.82, 2.24) is 10.3 Å². The predicted octanol–water partition coefficient (Wildman–Crippen LogP) is 3.18. The highest BCUT2D eigenvalue weighted by atomic mass is 16.5. The normalized spacial score (nSPS) is 14.9. The molecule has 2 aromatic rings. The van der Waals surface area contributed by atoms with Crippen molar-refractivity contribution in [1.29, 1.82) is 0 Å². The highest BCUT2D eigenvalue weighted by Crippen LogP contribution is 2.22. The molecule has 0 saturated heterocycles. The third-order valence-corrected chi connectivity index (χ3v) is 4.54. The van der Waals surface area contributed by atoms with E-state index >= 15 is 0 Å². The molecular formula is C20H25N3O2. The molecule has 0 atom stereocenters. The molecule has 0 unspecified atom stereocenters. The Kier molecular flexibility index (Phi) is 6.01. The average molecular weight is 339 g/mol. The van der Waals surface area contributed by atoms with E-state index in [1.165, 1.54) is 19.3 Å². The van der Waals surface area contributed by atoms with Crippen LogP contribution in [0.1, 0.15) is 53.6 Å². The molecule has 1 saturated carbocycles. The molecule has 0 spiro atoms. The monoisotopic (exact) mass is 339 g/mol. The van der Waals surface area contributed by atoms with Crippen molar-refractivity contribution < 1.29 is 9.53 Å². The van der Waals surface area contributed by atoms with Crippen LogP contribution in [0.3, 0.4) is 0 Å². The number of carbonyl (C=O) groups is 1. The summed E-state index contributed by atoms with van der Waals surface area (Å²) < 4.78 is 5.98. The van der Waals surface area contributed by atoms with E-state index < -0.39 is 0 Å². The maximum absolute atomic E-state index is 12.2. The molecule has 1 heterocycles. The number of aromatic nitrogens is 1. The quantitative estimate of drug-likeness (QED) is 0.847. The van der Waals surface area contributed by atoms with E-state index in [2.05, 4.69) is 10.3 Å². The van der Waals surface area contributed by atoms with Gasteiger partial charge in [-0.25, -0.2) is 4.98 Å². The van der Waals surface area contributed by atoms with E-state index in [1.807, 2.05) is 24.3 Å². The fourth-order valence-electron chi connectivity index (χ4n) is 3.06. The zero-order valence-corrected chi connectivity index (χ0v) is 14.4. The molecule has 132 valence electrons. The van der Waals surface area contributed by atoms with E-state index in [1.54, 1.807) is 18.3 Å². The van der Waals surface area contributed by atoms with E-state index in [-0.39, 0.29) is 12.0 Å². The molecule has 1 aromatic heterocycles. The third kappa shape index (κ3) is 5.03. The van der Waals surface area contributed by atoms with Crippen molar-refractivity contribution in [2.24, 2.45) is 5.73 Å². The summed E-state index contributed by atoms with van der Waals surface area (Å²) in [5, 5.41) is 2.93.